The Labute approximate surface area is 139 Å². The normalized spacial score (nSPS) is 23.4. The minimum atomic E-state index is -0.448. The molecule has 0 radical (unpaired) electrons. The predicted octanol–water partition coefficient (Wildman–Crippen LogP) is 4.12. The van der Waals surface area contributed by atoms with Crippen molar-refractivity contribution in [3.8, 4) is 5.75 Å². The van der Waals surface area contributed by atoms with E-state index in [4.69, 9.17) is 4.74 Å². The van der Waals surface area contributed by atoms with Crippen LogP contribution in [-0.2, 0) is 4.79 Å². The van der Waals surface area contributed by atoms with Gasteiger partial charge in [-0.05, 0) is 43.9 Å². The Balaban J connectivity index is 1.85. The number of hydrogen-bond acceptors (Lipinski definition) is 5. The highest BCUT2D eigenvalue weighted by Crippen LogP contribution is 2.46. The molecule has 1 aromatic carbocycles. The number of benzene rings is 1. The van der Waals surface area contributed by atoms with Crippen LogP contribution in [0.1, 0.15) is 32.6 Å². The summed E-state index contributed by atoms with van der Waals surface area (Å²) in [5.74, 6) is 1.62. The molecule has 122 valence electrons. The Morgan fingerprint density at radius 1 is 1.26 bits per heavy atom. The maximum atomic E-state index is 12.1. The number of non-ortho nitro benzene ring substituents is 1. The first-order chi connectivity index (χ1) is 11.0. The molecule has 1 unspecified atom stereocenters. The fraction of sp³-hybridized carbons (Fsp3) is 0.471. The number of nitro groups is 1. The molecule has 3 rings (SSSR count). The maximum absolute atomic E-state index is 12.1. The molecule has 0 spiro atoms. The summed E-state index contributed by atoms with van der Waals surface area (Å²) in [6, 6.07) is 6.18. The summed E-state index contributed by atoms with van der Waals surface area (Å²) in [5, 5.41) is 10.7. The predicted molar refractivity (Wildman–Crippen MR) is 89.6 cm³/mol. The first-order valence-corrected chi connectivity index (χ1v) is 8.81. The van der Waals surface area contributed by atoms with Gasteiger partial charge >= 0.3 is 0 Å². The third kappa shape index (κ3) is 3.27. The molecular formula is C17H19NO4S. The van der Waals surface area contributed by atoms with Gasteiger partial charge < -0.3 is 4.74 Å². The lowest BCUT2D eigenvalue weighted by Crippen LogP contribution is -2.36. The molecule has 1 heterocycles. The number of nitrogens with zero attached hydrogens (tertiary/aromatic N) is 1. The van der Waals surface area contributed by atoms with Gasteiger partial charge in [-0.2, -0.15) is 0 Å². The third-order valence-electron chi connectivity index (χ3n) is 4.47. The van der Waals surface area contributed by atoms with Crippen LogP contribution in [0.15, 0.2) is 35.2 Å². The van der Waals surface area contributed by atoms with Gasteiger partial charge in [-0.15, -0.1) is 11.8 Å². The van der Waals surface area contributed by atoms with Gasteiger partial charge in [0.15, 0.2) is 5.78 Å². The number of hydrogen-bond donors (Lipinski definition) is 0. The van der Waals surface area contributed by atoms with Crippen LogP contribution in [0.3, 0.4) is 0 Å². The van der Waals surface area contributed by atoms with Crippen molar-refractivity contribution in [2.24, 2.45) is 5.92 Å². The Kier molecular flexibility index (Phi) is 4.43. The van der Waals surface area contributed by atoms with Crippen LogP contribution in [0.5, 0.6) is 5.75 Å². The van der Waals surface area contributed by atoms with E-state index in [-0.39, 0.29) is 17.4 Å². The highest BCUT2D eigenvalue weighted by molar-refractivity contribution is 8.03. The zero-order valence-electron chi connectivity index (χ0n) is 13.0. The van der Waals surface area contributed by atoms with E-state index in [2.05, 4.69) is 0 Å². The van der Waals surface area contributed by atoms with Gasteiger partial charge in [0.1, 0.15) is 11.4 Å². The summed E-state index contributed by atoms with van der Waals surface area (Å²) in [7, 11) is 0. The highest BCUT2D eigenvalue weighted by Gasteiger charge is 2.42. The SMILES string of the molecule is CC1CSC(C2(Oc3ccc([N+](=O)[O-])cc3)CCCC2)=CC1=O. The second-order valence-corrected chi connectivity index (χ2v) is 7.24. The smallest absolute Gasteiger partial charge is 0.269 e. The summed E-state index contributed by atoms with van der Waals surface area (Å²) in [6.07, 6.45) is 5.63. The van der Waals surface area contributed by atoms with Gasteiger partial charge in [-0.3, -0.25) is 14.9 Å². The minimum absolute atomic E-state index is 0.0491. The highest BCUT2D eigenvalue weighted by atomic mass is 32.2. The molecule has 5 nitrogen and oxygen atoms in total. The van der Waals surface area contributed by atoms with Gasteiger partial charge in [0.2, 0.25) is 0 Å². The van der Waals surface area contributed by atoms with E-state index in [9.17, 15) is 14.9 Å². The Morgan fingerprint density at radius 3 is 2.48 bits per heavy atom. The Morgan fingerprint density at radius 2 is 1.91 bits per heavy atom. The van der Waals surface area contributed by atoms with E-state index in [1.807, 2.05) is 6.92 Å². The largest absolute Gasteiger partial charge is 0.482 e. The van der Waals surface area contributed by atoms with Crippen molar-refractivity contribution in [2.75, 3.05) is 5.75 Å². The number of ether oxygens (including phenoxy) is 1. The van der Waals surface area contributed by atoms with Crippen LogP contribution in [0.25, 0.3) is 0 Å². The molecule has 23 heavy (non-hydrogen) atoms. The maximum Gasteiger partial charge on any atom is 0.269 e. The number of ketones is 1. The van der Waals surface area contributed by atoms with E-state index >= 15 is 0 Å². The van der Waals surface area contributed by atoms with E-state index in [0.29, 0.717) is 5.75 Å². The molecule has 1 aliphatic heterocycles. The van der Waals surface area contributed by atoms with Crippen LogP contribution in [0.4, 0.5) is 5.69 Å². The molecule has 0 amide bonds. The first-order valence-electron chi connectivity index (χ1n) is 7.82. The van der Waals surface area contributed by atoms with Crippen molar-refractivity contribution in [1.29, 1.82) is 0 Å². The van der Waals surface area contributed by atoms with Gasteiger partial charge in [0.25, 0.3) is 5.69 Å². The quantitative estimate of drug-likeness (QED) is 0.612. The lowest BCUT2D eigenvalue weighted by Gasteiger charge is -2.34. The number of carbonyl (C=O) groups excluding carboxylic acids is 1. The average molecular weight is 333 g/mol. The number of carbonyl (C=O) groups is 1. The monoisotopic (exact) mass is 333 g/mol. The number of nitro benzene ring substituents is 1. The fourth-order valence-corrected chi connectivity index (χ4v) is 4.38. The molecule has 6 heteroatoms. The van der Waals surface area contributed by atoms with Gasteiger partial charge in [-0.25, -0.2) is 0 Å². The topological polar surface area (TPSA) is 69.4 Å². The molecule has 1 aliphatic carbocycles. The molecular weight excluding hydrogens is 314 g/mol. The van der Waals surface area contributed by atoms with Crippen molar-refractivity contribution >= 4 is 23.2 Å². The summed E-state index contributed by atoms with van der Waals surface area (Å²) in [5.41, 5.74) is -0.399. The molecule has 0 saturated heterocycles. The molecule has 0 bridgehead atoms. The van der Waals surface area contributed by atoms with E-state index in [1.54, 1.807) is 30.0 Å². The zero-order chi connectivity index (χ0) is 16.4. The van der Waals surface area contributed by atoms with Crippen LogP contribution in [-0.4, -0.2) is 22.1 Å². The van der Waals surface area contributed by atoms with Crippen molar-refractivity contribution in [1.82, 2.24) is 0 Å². The van der Waals surface area contributed by atoms with E-state index < -0.39 is 10.5 Å². The second kappa shape index (κ2) is 6.35. The molecule has 2 aliphatic rings. The molecule has 1 saturated carbocycles. The lowest BCUT2D eigenvalue weighted by molar-refractivity contribution is -0.384. The lowest BCUT2D eigenvalue weighted by atomic mass is 9.97. The molecule has 1 atom stereocenters. The summed E-state index contributed by atoms with van der Waals surface area (Å²) in [4.78, 5) is 23.4. The van der Waals surface area contributed by atoms with Crippen molar-refractivity contribution < 1.29 is 14.5 Å². The Bertz CT molecular complexity index is 647. The van der Waals surface area contributed by atoms with Crippen LogP contribution < -0.4 is 4.74 Å². The van der Waals surface area contributed by atoms with E-state index in [0.717, 1.165) is 36.3 Å². The zero-order valence-corrected chi connectivity index (χ0v) is 13.8. The molecule has 1 fully saturated rings. The number of rotatable bonds is 4. The average Bonchev–Trinajstić information content (AvgIpc) is 3.00. The molecule has 0 aromatic heterocycles. The van der Waals surface area contributed by atoms with Crippen molar-refractivity contribution in [3.63, 3.8) is 0 Å². The van der Waals surface area contributed by atoms with Gasteiger partial charge in [0.05, 0.1) is 4.92 Å². The van der Waals surface area contributed by atoms with Gasteiger partial charge in [-0.1, -0.05) is 6.92 Å². The second-order valence-electron chi connectivity index (χ2n) is 6.18. The third-order valence-corrected chi connectivity index (χ3v) is 5.94. The van der Waals surface area contributed by atoms with Gasteiger partial charge in [0, 0.05) is 28.7 Å². The molecule has 0 N–H and O–H groups in total. The Hall–Kier alpha value is -1.82. The number of thioether (sulfide) groups is 1. The van der Waals surface area contributed by atoms with Crippen LogP contribution in [0, 0.1) is 16.0 Å². The van der Waals surface area contributed by atoms with Crippen LogP contribution >= 0.6 is 11.8 Å². The fourth-order valence-electron chi connectivity index (χ4n) is 3.08. The summed E-state index contributed by atoms with van der Waals surface area (Å²) in [6.45, 7) is 1.95. The summed E-state index contributed by atoms with van der Waals surface area (Å²) >= 11 is 1.71. The molecule has 1 aromatic rings. The van der Waals surface area contributed by atoms with Crippen LogP contribution in [0.2, 0.25) is 0 Å². The van der Waals surface area contributed by atoms with E-state index in [1.165, 1.54) is 12.1 Å². The minimum Gasteiger partial charge on any atom is -0.482 e. The van der Waals surface area contributed by atoms with Crippen molar-refractivity contribution in [2.45, 2.75) is 38.2 Å². The van der Waals surface area contributed by atoms with Crippen molar-refractivity contribution in [3.05, 3.63) is 45.4 Å². The first kappa shape index (κ1) is 16.1. The number of allylic oxidation sites excluding steroid dienone is 1. The standard InChI is InChI=1S/C17H19NO4S/c1-12-11-23-16(10-15(12)19)17(8-2-3-9-17)22-14-6-4-13(5-7-14)18(20)21/h4-7,10,12H,2-3,8-9,11H2,1H3. The summed E-state index contributed by atoms with van der Waals surface area (Å²) < 4.78 is 6.26.